The standard InChI is InChI=1S/C14H22N2O4S/c1-11-5-7-13(8-6-11)16(21(4,18)19)12(2)14(17)15-9-10-20-3/h5-8,12H,9-10H2,1-4H3,(H,15,17). The van der Waals surface area contributed by atoms with Gasteiger partial charge in [0.25, 0.3) is 0 Å². The summed E-state index contributed by atoms with van der Waals surface area (Å²) >= 11 is 0. The van der Waals surface area contributed by atoms with Crippen molar-refractivity contribution in [3.63, 3.8) is 0 Å². The Labute approximate surface area is 126 Å². The van der Waals surface area contributed by atoms with Crippen LogP contribution in [0.15, 0.2) is 24.3 Å². The first-order valence-corrected chi connectivity index (χ1v) is 8.45. The van der Waals surface area contributed by atoms with Crippen molar-refractivity contribution in [2.45, 2.75) is 19.9 Å². The van der Waals surface area contributed by atoms with E-state index < -0.39 is 16.1 Å². The molecule has 1 rings (SSSR count). The van der Waals surface area contributed by atoms with Crippen LogP contribution in [0.2, 0.25) is 0 Å². The lowest BCUT2D eigenvalue weighted by Crippen LogP contribution is -2.48. The third kappa shape index (κ3) is 5.02. The van der Waals surface area contributed by atoms with Gasteiger partial charge in [0.1, 0.15) is 6.04 Å². The van der Waals surface area contributed by atoms with Gasteiger partial charge in [-0.1, -0.05) is 17.7 Å². The fourth-order valence-corrected chi connectivity index (χ4v) is 3.10. The van der Waals surface area contributed by atoms with Crippen molar-refractivity contribution in [3.8, 4) is 0 Å². The molecule has 1 N–H and O–H groups in total. The van der Waals surface area contributed by atoms with Gasteiger partial charge in [-0.25, -0.2) is 8.42 Å². The molecule has 0 bridgehead atoms. The molecule has 1 unspecified atom stereocenters. The lowest BCUT2D eigenvalue weighted by Gasteiger charge is -2.28. The van der Waals surface area contributed by atoms with Crippen LogP contribution in [0, 0.1) is 6.92 Å². The Kier molecular flexibility index (Phi) is 6.17. The highest BCUT2D eigenvalue weighted by molar-refractivity contribution is 7.92. The highest BCUT2D eigenvalue weighted by atomic mass is 32.2. The normalized spacial score (nSPS) is 12.8. The van der Waals surface area contributed by atoms with E-state index in [2.05, 4.69) is 5.32 Å². The minimum Gasteiger partial charge on any atom is -0.383 e. The second-order valence-corrected chi connectivity index (χ2v) is 6.71. The lowest BCUT2D eigenvalue weighted by molar-refractivity contribution is -0.122. The Morgan fingerprint density at radius 1 is 1.33 bits per heavy atom. The fourth-order valence-electron chi connectivity index (χ4n) is 1.92. The Balaban J connectivity index is 2.98. The van der Waals surface area contributed by atoms with Crippen LogP contribution in [-0.2, 0) is 19.6 Å². The maximum atomic E-state index is 12.1. The van der Waals surface area contributed by atoms with Gasteiger partial charge in [-0.2, -0.15) is 0 Å². The molecule has 1 amide bonds. The van der Waals surface area contributed by atoms with Gasteiger partial charge in [0.15, 0.2) is 0 Å². The number of anilines is 1. The zero-order valence-corrected chi connectivity index (χ0v) is 13.6. The van der Waals surface area contributed by atoms with E-state index in [1.165, 1.54) is 7.11 Å². The molecule has 0 aliphatic carbocycles. The predicted octanol–water partition coefficient (Wildman–Crippen LogP) is 0.912. The summed E-state index contributed by atoms with van der Waals surface area (Å²) in [7, 11) is -2.03. The van der Waals surface area contributed by atoms with E-state index in [9.17, 15) is 13.2 Å². The van der Waals surface area contributed by atoms with Gasteiger partial charge < -0.3 is 10.1 Å². The number of sulfonamides is 1. The summed E-state index contributed by atoms with van der Waals surface area (Å²) in [6, 6.07) is 6.16. The molecule has 1 aromatic rings. The van der Waals surface area contributed by atoms with Gasteiger partial charge in [0.05, 0.1) is 18.6 Å². The highest BCUT2D eigenvalue weighted by Gasteiger charge is 2.28. The van der Waals surface area contributed by atoms with E-state index in [0.29, 0.717) is 18.8 Å². The van der Waals surface area contributed by atoms with Crippen LogP contribution in [0.5, 0.6) is 0 Å². The number of amides is 1. The maximum absolute atomic E-state index is 12.1. The number of ether oxygens (including phenoxy) is 1. The minimum absolute atomic E-state index is 0.338. The quantitative estimate of drug-likeness (QED) is 0.759. The average Bonchev–Trinajstić information content (AvgIpc) is 2.39. The van der Waals surface area contributed by atoms with Crippen molar-refractivity contribution >= 4 is 21.6 Å². The van der Waals surface area contributed by atoms with Gasteiger partial charge in [-0.15, -0.1) is 0 Å². The molecule has 7 heteroatoms. The summed E-state index contributed by atoms with van der Waals surface area (Å²) in [6.45, 7) is 4.19. The third-order valence-electron chi connectivity index (χ3n) is 2.98. The van der Waals surface area contributed by atoms with E-state index in [1.807, 2.05) is 19.1 Å². The Bertz CT molecular complexity index is 569. The summed E-state index contributed by atoms with van der Waals surface area (Å²) < 4.78 is 30.0. The summed E-state index contributed by atoms with van der Waals surface area (Å²) in [5, 5.41) is 2.65. The predicted molar refractivity (Wildman–Crippen MR) is 82.8 cm³/mol. The molecule has 0 heterocycles. The topological polar surface area (TPSA) is 75.7 Å². The number of nitrogens with one attached hydrogen (secondary N) is 1. The lowest BCUT2D eigenvalue weighted by atomic mass is 10.2. The van der Waals surface area contributed by atoms with E-state index in [0.717, 1.165) is 16.1 Å². The second-order valence-electron chi connectivity index (χ2n) is 4.85. The first-order chi connectivity index (χ1) is 9.77. The molecule has 0 fully saturated rings. The van der Waals surface area contributed by atoms with E-state index >= 15 is 0 Å². The van der Waals surface area contributed by atoms with Crippen molar-refractivity contribution in [2.75, 3.05) is 30.8 Å². The second kappa shape index (κ2) is 7.42. The van der Waals surface area contributed by atoms with Crippen LogP contribution in [-0.4, -0.2) is 46.9 Å². The zero-order valence-electron chi connectivity index (χ0n) is 12.8. The number of rotatable bonds is 7. The molecule has 0 saturated carbocycles. The SMILES string of the molecule is COCCNC(=O)C(C)N(c1ccc(C)cc1)S(C)(=O)=O. The zero-order chi connectivity index (χ0) is 16.0. The van der Waals surface area contributed by atoms with Gasteiger partial charge in [-0.3, -0.25) is 9.10 Å². The first-order valence-electron chi connectivity index (χ1n) is 6.60. The van der Waals surface area contributed by atoms with E-state index in [4.69, 9.17) is 4.74 Å². The minimum atomic E-state index is -3.56. The van der Waals surface area contributed by atoms with E-state index in [1.54, 1.807) is 19.1 Å². The number of benzene rings is 1. The van der Waals surface area contributed by atoms with E-state index in [-0.39, 0.29) is 5.91 Å². The van der Waals surface area contributed by atoms with Crippen LogP contribution in [0.1, 0.15) is 12.5 Å². The molecule has 0 aliphatic heterocycles. The van der Waals surface area contributed by atoms with Crippen LogP contribution in [0.25, 0.3) is 0 Å². The molecule has 118 valence electrons. The van der Waals surface area contributed by atoms with Crippen LogP contribution in [0.3, 0.4) is 0 Å². The third-order valence-corrected chi connectivity index (χ3v) is 4.22. The van der Waals surface area contributed by atoms with Gasteiger partial charge in [0, 0.05) is 13.7 Å². The van der Waals surface area contributed by atoms with Crippen LogP contribution >= 0.6 is 0 Å². The van der Waals surface area contributed by atoms with Crippen LogP contribution in [0.4, 0.5) is 5.69 Å². The highest BCUT2D eigenvalue weighted by Crippen LogP contribution is 2.21. The van der Waals surface area contributed by atoms with Gasteiger partial charge in [-0.05, 0) is 26.0 Å². The number of aryl methyl sites for hydroxylation is 1. The maximum Gasteiger partial charge on any atom is 0.243 e. The molecule has 1 aromatic carbocycles. The molecule has 1 atom stereocenters. The molecule has 21 heavy (non-hydrogen) atoms. The van der Waals surface area contributed by atoms with Gasteiger partial charge in [0.2, 0.25) is 15.9 Å². The molecule has 0 saturated heterocycles. The number of nitrogens with zero attached hydrogens (tertiary/aromatic N) is 1. The summed E-state index contributed by atoms with van der Waals surface area (Å²) in [5.41, 5.74) is 1.49. The van der Waals surface area contributed by atoms with Crippen molar-refractivity contribution in [1.82, 2.24) is 5.32 Å². The number of methoxy groups -OCH3 is 1. The summed E-state index contributed by atoms with van der Waals surface area (Å²) in [4.78, 5) is 12.1. The monoisotopic (exact) mass is 314 g/mol. The Hall–Kier alpha value is -1.60. The molecule has 0 spiro atoms. The molecule has 0 aliphatic rings. The first kappa shape index (κ1) is 17.5. The van der Waals surface area contributed by atoms with Gasteiger partial charge >= 0.3 is 0 Å². The number of hydrogen-bond donors (Lipinski definition) is 1. The molecule has 0 radical (unpaired) electrons. The number of hydrogen-bond acceptors (Lipinski definition) is 4. The van der Waals surface area contributed by atoms with Crippen molar-refractivity contribution in [1.29, 1.82) is 0 Å². The van der Waals surface area contributed by atoms with Crippen LogP contribution < -0.4 is 9.62 Å². The smallest absolute Gasteiger partial charge is 0.243 e. The number of carbonyl (C=O) groups is 1. The Morgan fingerprint density at radius 3 is 2.38 bits per heavy atom. The number of carbonyl (C=O) groups excluding carboxylic acids is 1. The van der Waals surface area contributed by atoms with Crippen molar-refractivity contribution in [3.05, 3.63) is 29.8 Å². The molecule has 0 aromatic heterocycles. The molecule has 6 nitrogen and oxygen atoms in total. The largest absolute Gasteiger partial charge is 0.383 e. The Morgan fingerprint density at radius 2 is 1.90 bits per heavy atom. The molecular formula is C14H22N2O4S. The summed E-state index contributed by atoms with van der Waals surface area (Å²) in [6.07, 6.45) is 1.09. The summed E-state index contributed by atoms with van der Waals surface area (Å²) in [5.74, 6) is -0.363. The fraction of sp³-hybridized carbons (Fsp3) is 0.500. The average molecular weight is 314 g/mol. The van der Waals surface area contributed by atoms with Crippen molar-refractivity contribution < 1.29 is 17.9 Å². The molecular weight excluding hydrogens is 292 g/mol. The van der Waals surface area contributed by atoms with Crippen molar-refractivity contribution in [2.24, 2.45) is 0 Å².